The molecule has 0 aromatic heterocycles. The molecule has 1 atom stereocenters. The van der Waals surface area contributed by atoms with Gasteiger partial charge in [0.05, 0.1) is 6.61 Å². The third kappa shape index (κ3) is 8.10. The van der Waals surface area contributed by atoms with E-state index in [4.69, 9.17) is 4.74 Å². The molecule has 0 saturated carbocycles. The van der Waals surface area contributed by atoms with Gasteiger partial charge in [-0.2, -0.15) is 0 Å². The Morgan fingerprint density at radius 2 is 1.61 bits per heavy atom. The van der Waals surface area contributed by atoms with E-state index in [1.54, 1.807) is 0 Å². The highest BCUT2D eigenvalue weighted by atomic mass is 16.5. The Morgan fingerprint density at radius 3 is 2.06 bits per heavy atom. The van der Waals surface area contributed by atoms with Crippen molar-refractivity contribution in [2.45, 2.75) is 79.3 Å². The van der Waals surface area contributed by atoms with Gasteiger partial charge in [0.2, 0.25) is 0 Å². The highest BCUT2D eigenvalue weighted by molar-refractivity contribution is 4.67. The van der Waals surface area contributed by atoms with Crippen molar-refractivity contribution in [1.29, 1.82) is 0 Å². The van der Waals surface area contributed by atoms with Gasteiger partial charge < -0.3 is 4.74 Å². The van der Waals surface area contributed by atoms with Crippen LogP contribution in [-0.4, -0.2) is 36.7 Å². The first-order chi connectivity index (χ1) is 8.52. The second kappa shape index (κ2) is 10.8. The van der Waals surface area contributed by atoms with Gasteiger partial charge >= 0.3 is 0 Å². The topological polar surface area (TPSA) is 12.5 Å². The molecule has 0 aliphatic heterocycles. The van der Waals surface area contributed by atoms with Crippen molar-refractivity contribution < 1.29 is 4.74 Å². The van der Waals surface area contributed by atoms with E-state index in [0.717, 1.165) is 25.7 Å². The van der Waals surface area contributed by atoms with Crippen molar-refractivity contribution in [3.8, 4) is 0 Å². The molecular weight excluding hydrogens is 222 g/mol. The minimum Gasteiger partial charge on any atom is -0.380 e. The second-order valence-electron chi connectivity index (χ2n) is 5.92. The molecule has 0 aliphatic rings. The van der Waals surface area contributed by atoms with E-state index in [-0.39, 0.29) is 0 Å². The van der Waals surface area contributed by atoms with Crippen LogP contribution in [0.2, 0.25) is 0 Å². The van der Waals surface area contributed by atoms with Crippen LogP contribution in [0.3, 0.4) is 0 Å². The molecule has 0 saturated heterocycles. The summed E-state index contributed by atoms with van der Waals surface area (Å²) in [5.74, 6) is 0.761. The molecule has 0 fully saturated rings. The molecule has 0 aliphatic carbocycles. The monoisotopic (exact) mass is 257 g/mol. The third-order valence-electron chi connectivity index (χ3n) is 3.72. The van der Waals surface area contributed by atoms with Crippen LogP contribution in [0.5, 0.6) is 0 Å². The van der Waals surface area contributed by atoms with Gasteiger partial charge in [-0.25, -0.2) is 0 Å². The summed E-state index contributed by atoms with van der Waals surface area (Å²) in [5.41, 5.74) is 0. The maximum atomic E-state index is 5.87. The number of unbranched alkanes of at least 4 members (excludes halogenated alkanes) is 1. The second-order valence-corrected chi connectivity index (χ2v) is 5.92. The third-order valence-corrected chi connectivity index (χ3v) is 3.72. The molecule has 2 heteroatoms. The van der Waals surface area contributed by atoms with E-state index in [2.05, 4.69) is 46.4 Å². The molecular formula is C16H35NO. The van der Waals surface area contributed by atoms with Gasteiger partial charge in [-0.3, -0.25) is 4.90 Å². The fraction of sp³-hybridized carbons (Fsp3) is 1.00. The Balaban J connectivity index is 3.75. The number of rotatable bonds is 11. The molecule has 0 aromatic rings. The lowest BCUT2D eigenvalue weighted by Crippen LogP contribution is -2.39. The predicted octanol–water partition coefficient (Wildman–Crippen LogP) is 4.34. The van der Waals surface area contributed by atoms with Crippen LogP contribution >= 0.6 is 0 Å². The first kappa shape index (κ1) is 17.9. The summed E-state index contributed by atoms with van der Waals surface area (Å²) < 4.78 is 5.87. The fourth-order valence-corrected chi connectivity index (χ4v) is 2.43. The zero-order chi connectivity index (χ0) is 14.0. The highest BCUT2D eigenvalue weighted by Crippen LogP contribution is 2.13. The first-order valence-corrected chi connectivity index (χ1v) is 7.86. The Kier molecular flexibility index (Phi) is 10.8. The predicted molar refractivity (Wildman–Crippen MR) is 81.1 cm³/mol. The summed E-state index contributed by atoms with van der Waals surface area (Å²) in [4.78, 5) is 2.49. The van der Waals surface area contributed by atoms with Crippen molar-refractivity contribution in [2.24, 2.45) is 5.92 Å². The highest BCUT2D eigenvalue weighted by Gasteiger charge is 2.13. The molecule has 18 heavy (non-hydrogen) atoms. The average Bonchev–Trinajstić information content (AvgIpc) is 2.31. The maximum Gasteiger partial charge on any atom is 0.0593 e. The quantitative estimate of drug-likeness (QED) is 0.511. The summed E-state index contributed by atoms with van der Waals surface area (Å²) in [6.45, 7) is 16.5. The number of hydrogen-bond acceptors (Lipinski definition) is 2. The van der Waals surface area contributed by atoms with Crippen molar-refractivity contribution in [3.05, 3.63) is 0 Å². The Hall–Kier alpha value is -0.0800. The minimum absolute atomic E-state index is 0.607. The van der Waals surface area contributed by atoms with Gasteiger partial charge in [-0.05, 0) is 40.0 Å². The molecule has 0 amide bonds. The molecule has 0 rings (SSSR count). The van der Waals surface area contributed by atoms with Crippen molar-refractivity contribution in [2.75, 3.05) is 19.8 Å². The summed E-state index contributed by atoms with van der Waals surface area (Å²) in [6.07, 6.45) is 5.21. The van der Waals surface area contributed by atoms with Crippen LogP contribution in [0.15, 0.2) is 0 Å². The summed E-state index contributed by atoms with van der Waals surface area (Å²) in [6, 6.07) is 1.21. The van der Waals surface area contributed by atoms with E-state index in [1.165, 1.54) is 25.7 Å². The van der Waals surface area contributed by atoms with Crippen LogP contribution in [-0.2, 0) is 4.74 Å². The van der Waals surface area contributed by atoms with Gasteiger partial charge in [0, 0.05) is 25.2 Å². The maximum absolute atomic E-state index is 5.87. The van der Waals surface area contributed by atoms with Crippen LogP contribution in [0.4, 0.5) is 0 Å². The van der Waals surface area contributed by atoms with Crippen molar-refractivity contribution in [3.63, 3.8) is 0 Å². The largest absolute Gasteiger partial charge is 0.380 e. The number of ether oxygens (including phenoxy) is 1. The molecule has 110 valence electrons. The van der Waals surface area contributed by atoms with E-state index < -0.39 is 0 Å². The minimum atomic E-state index is 0.607. The van der Waals surface area contributed by atoms with Crippen molar-refractivity contribution >= 4 is 0 Å². The molecule has 0 heterocycles. The summed E-state index contributed by atoms with van der Waals surface area (Å²) in [7, 11) is 0. The molecule has 0 aromatic carbocycles. The van der Waals surface area contributed by atoms with Gasteiger partial charge in [0.1, 0.15) is 0 Å². The lowest BCUT2D eigenvalue weighted by Gasteiger charge is -2.30. The van der Waals surface area contributed by atoms with E-state index in [9.17, 15) is 0 Å². The molecule has 0 N–H and O–H groups in total. The van der Waals surface area contributed by atoms with E-state index in [0.29, 0.717) is 12.1 Å². The van der Waals surface area contributed by atoms with Crippen LogP contribution in [0.25, 0.3) is 0 Å². The van der Waals surface area contributed by atoms with Gasteiger partial charge in [0.25, 0.3) is 0 Å². The first-order valence-electron chi connectivity index (χ1n) is 7.86. The smallest absolute Gasteiger partial charge is 0.0593 e. The zero-order valence-corrected chi connectivity index (χ0v) is 13.5. The summed E-state index contributed by atoms with van der Waals surface area (Å²) >= 11 is 0. The summed E-state index contributed by atoms with van der Waals surface area (Å²) in [5, 5.41) is 0. The Bertz CT molecular complexity index is 172. The molecule has 0 spiro atoms. The van der Waals surface area contributed by atoms with Crippen LogP contribution < -0.4 is 0 Å². The SMILES string of the molecule is CCCC[C@H](CC)COCCN(C(C)C)C(C)C. The molecule has 0 unspecified atom stereocenters. The van der Waals surface area contributed by atoms with E-state index >= 15 is 0 Å². The van der Waals surface area contributed by atoms with Gasteiger partial charge in [0.15, 0.2) is 0 Å². The van der Waals surface area contributed by atoms with Crippen LogP contribution in [0, 0.1) is 5.92 Å². The molecule has 0 bridgehead atoms. The normalized spacial score (nSPS) is 13.8. The number of hydrogen-bond donors (Lipinski definition) is 0. The fourth-order valence-electron chi connectivity index (χ4n) is 2.43. The average molecular weight is 257 g/mol. The standard InChI is InChI=1S/C16H35NO/c1-7-9-10-16(8-2)13-18-12-11-17(14(3)4)15(5)6/h14-16H,7-13H2,1-6H3/t16-/m0/s1. The zero-order valence-electron chi connectivity index (χ0n) is 13.5. The van der Waals surface area contributed by atoms with E-state index in [1.807, 2.05) is 0 Å². The number of nitrogens with zero attached hydrogens (tertiary/aromatic N) is 1. The lowest BCUT2D eigenvalue weighted by atomic mass is 10.0. The van der Waals surface area contributed by atoms with Gasteiger partial charge in [-0.1, -0.05) is 33.1 Å². The van der Waals surface area contributed by atoms with Gasteiger partial charge in [-0.15, -0.1) is 0 Å². The lowest BCUT2D eigenvalue weighted by molar-refractivity contribution is 0.0564. The molecule has 0 radical (unpaired) electrons. The van der Waals surface area contributed by atoms with Crippen LogP contribution in [0.1, 0.15) is 67.2 Å². The Morgan fingerprint density at radius 1 is 1.00 bits per heavy atom. The Labute approximate surface area is 115 Å². The van der Waals surface area contributed by atoms with Crippen molar-refractivity contribution in [1.82, 2.24) is 4.90 Å². The molecule has 2 nitrogen and oxygen atoms in total.